The van der Waals surface area contributed by atoms with Gasteiger partial charge < -0.3 is 15.3 Å². The Hall–Kier alpha value is -2.82. The Balaban J connectivity index is 2.10. The van der Waals surface area contributed by atoms with Crippen molar-refractivity contribution >= 4 is 12.4 Å². The first-order valence-corrected chi connectivity index (χ1v) is 5.53. The fourth-order valence-electron chi connectivity index (χ4n) is 1.43. The predicted molar refractivity (Wildman–Crippen MR) is 73.1 cm³/mol. The third-order valence-electron chi connectivity index (χ3n) is 2.41. The van der Waals surface area contributed by atoms with Crippen LogP contribution in [0.25, 0.3) is 0 Å². The van der Waals surface area contributed by atoms with Gasteiger partial charge in [-0.1, -0.05) is 12.1 Å². The van der Waals surface area contributed by atoms with Crippen LogP contribution in [0, 0.1) is 0 Å². The lowest BCUT2D eigenvalue weighted by atomic mass is 10.2. The maximum atomic E-state index is 9.51. The number of phenols is 3. The minimum atomic E-state index is -0.0819. The number of aromatic hydroxyl groups is 3. The molecule has 2 aromatic rings. The molecule has 0 aromatic heterocycles. The number of hydrogen-bond donors (Lipinski definition) is 3. The van der Waals surface area contributed by atoms with E-state index in [1.54, 1.807) is 24.3 Å². The second-order valence-electron chi connectivity index (χ2n) is 3.79. The number of nitrogens with zero attached hydrogens (tertiary/aromatic N) is 2. The van der Waals surface area contributed by atoms with Crippen LogP contribution in [0.4, 0.5) is 0 Å². The van der Waals surface area contributed by atoms with Crippen molar-refractivity contribution in [1.29, 1.82) is 0 Å². The molecule has 0 saturated carbocycles. The Kier molecular flexibility index (Phi) is 3.78. The largest absolute Gasteiger partial charge is 0.508 e. The summed E-state index contributed by atoms with van der Waals surface area (Å²) in [6.45, 7) is 0. The van der Waals surface area contributed by atoms with Crippen LogP contribution in [-0.2, 0) is 0 Å². The van der Waals surface area contributed by atoms with Crippen molar-refractivity contribution in [3.63, 3.8) is 0 Å². The lowest BCUT2D eigenvalue weighted by Crippen LogP contribution is -1.83. The molecule has 3 N–H and O–H groups in total. The molecule has 0 aliphatic carbocycles. The van der Waals surface area contributed by atoms with E-state index in [9.17, 15) is 10.2 Å². The van der Waals surface area contributed by atoms with Gasteiger partial charge in [0.1, 0.15) is 17.2 Å². The van der Waals surface area contributed by atoms with E-state index in [-0.39, 0.29) is 17.2 Å². The third-order valence-corrected chi connectivity index (χ3v) is 2.41. The van der Waals surface area contributed by atoms with Gasteiger partial charge in [0.2, 0.25) is 0 Å². The molecule has 5 heteroatoms. The summed E-state index contributed by atoms with van der Waals surface area (Å²) in [6, 6.07) is 10.9. The lowest BCUT2D eigenvalue weighted by Gasteiger charge is -1.97. The maximum Gasteiger partial charge on any atom is 0.128 e. The molecule has 0 unspecified atom stereocenters. The first-order chi connectivity index (χ1) is 9.16. The van der Waals surface area contributed by atoms with Crippen LogP contribution in [0.5, 0.6) is 17.2 Å². The van der Waals surface area contributed by atoms with Crippen LogP contribution < -0.4 is 0 Å². The molecule has 2 rings (SSSR count). The Morgan fingerprint density at radius 2 is 1.37 bits per heavy atom. The first-order valence-electron chi connectivity index (χ1n) is 5.53. The molecule has 19 heavy (non-hydrogen) atoms. The van der Waals surface area contributed by atoms with E-state index < -0.39 is 0 Å². The van der Waals surface area contributed by atoms with Crippen molar-refractivity contribution < 1.29 is 15.3 Å². The molecule has 0 spiro atoms. The van der Waals surface area contributed by atoms with E-state index in [1.807, 2.05) is 0 Å². The van der Waals surface area contributed by atoms with Gasteiger partial charge in [-0.3, -0.25) is 0 Å². The van der Waals surface area contributed by atoms with E-state index in [4.69, 9.17) is 5.11 Å². The normalized spacial score (nSPS) is 11.4. The zero-order valence-electron chi connectivity index (χ0n) is 9.93. The van der Waals surface area contributed by atoms with Crippen LogP contribution in [0.15, 0.2) is 52.7 Å². The third kappa shape index (κ3) is 3.32. The van der Waals surface area contributed by atoms with Gasteiger partial charge in [-0.15, -0.1) is 0 Å². The number of rotatable bonds is 3. The fourth-order valence-corrected chi connectivity index (χ4v) is 1.43. The number of phenolic OH excluding ortho intramolecular Hbond substituents is 3. The van der Waals surface area contributed by atoms with Gasteiger partial charge in [0.15, 0.2) is 0 Å². The highest BCUT2D eigenvalue weighted by atomic mass is 16.3. The summed E-state index contributed by atoms with van der Waals surface area (Å²) >= 11 is 0. The van der Waals surface area contributed by atoms with Crippen LogP contribution in [-0.4, -0.2) is 27.7 Å². The summed E-state index contributed by atoms with van der Waals surface area (Å²) in [5.74, 6) is 0.0165. The minimum Gasteiger partial charge on any atom is -0.508 e. The molecule has 96 valence electrons. The second-order valence-corrected chi connectivity index (χ2v) is 3.79. The van der Waals surface area contributed by atoms with Crippen molar-refractivity contribution in [2.45, 2.75) is 0 Å². The molecule has 5 nitrogen and oxygen atoms in total. The smallest absolute Gasteiger partial charge is 0.128 e. The van der Waals surface area contributed by atoms with Gasteiger partial charge in [0.25, 0.3) is 0 Å². The number of hydrogen-bond acceptors (Lipinski definition) is 5. The van der Waals surface area contributed by atoms with Crippen LogP contribution >= 0.6 is 0 Å². The highest BCUT2D eigenvalue weighted by Gasteiger charge is 1.98. The summed E-state index contributed by atoms with van der Waals surface area (Å²) < 4.78 is 0. The molecule has 0 saturated heterocycles. The van der Waals surface area contributed by atoms with Crippen molar-refractivity contribution in [2.24, 2.45) is 10.2 Å². The van der Waals surface area contributed by atoms with Crippen molar-refractivity contribution in [1.82, 2.24) is 0 Å². The number of benzene rings is 2. The zero-order chi connectivity index (χ0) is 13.7. The second kappa shape index (κ2) is 5.68. The highest BCUT2D eigenvalue weighted by molar-refractivity contribution is 5.86. The Labute approximate surface area is 109 Å². The molecule has 0 bridgehead atoms. The summed E-state index contributed by atoms with van der Waals surface area (Å²) in [7, 11) is 0. The number of para-hydroxylation sites is 1. The first kappa shape index (κ1) is 12.6. The molecular formula is C14H12N2O3. The molecule has 0 heterocycles. The lowest BCUT2D eigenvalue weighted by molar-refractivity contribution is 0.450. The average molecular weight is 256 g/mol. The van der Waals surface area contributed by atoms with Gasteiger partial charge in [-0.2, -0.15) is 10.2 Å². The molecule has 0 aliphatic heterocycles. The van der Waals surface area contributed by atoms with Crippen LogP contribution in [0.1, 0.15) is 11.1 Å². The van der Waals surface area contributed by atoms with E-state index in [0.717, 1.165) is 0 Å². The van der Waals surface area contributed by atoms with E-state index in [1.165, 1.54) is 30.6 Å². The summed E-state index contributed by atoms with van der Waals surface area (Å²) in [5, 5.41) is 35.7. The van der Waals surface area contributed by atoms with Gasteiger partial charge in [0, 0.05) is 17.2 Å². The summed E-state index contributed by atoms with van der Waals surface area (Å²) in [4.78, 5) is 0. The fraction of sp³-hybridized carbons (Fsp3) is 0. The quantitative estimate of drug-likeness (QED) is 0.581. The van der Waals surface area contributed by atoms with Crippen molar-refractivity contribution in [2.75, 3.05) is 0 Å². The molecular weight excluding hydrogens is 244 g/mol. The van der Waals surface area contributed by atoms with Gasteiger partial charge >= 0.3 is 0 Å². The van der Waals surface area contributed by atoms with Crippen LogP contribution in [0.2, 0.25) is 0 Å². The van der Waals surface area contributed by atoms with Gasteiger partial charge in [0.05, 0.1) is 12.4 Å². The summed E-state index contributed by atoms with van der Waals surface area (Å²) in [6.07, 6.45) is 2.76. The average Bonchev–Trinajstić information content (AvgIpc) is 2.38. The molecule has 2 aromatic carbocycles. The van der Waals surface area contributed by atoms with E-state index in [0.29, 0.717) is 11.1 Å². The SMILES string of the molecule is Oc1ccc(/C=N\N=C\c2ccccc2O)c(O)c1. The van der Waals surface area contributed by atoms with E-state index in [2.05, 4.69) is 10.2 Å². The highest BCUT2D eigenvalue weighted by Crippen LogP contribution is 2.20. The zero-order valence-corrected chi connectivity index (χ0v) is 9.93. The predicted octanol–water partition coefficient (Wildman–Crippen LogP) is 2.26. The molecule has 0 radical (unpaired) electrons. The van der Waals surface area contributed by atoms with Crippen molar-refractivity contribution in [3.8, 4) is 17.2 Å². The Morgan fingerprint density at radius 1 is 0.737 bits per heavy atom. The standard InChI is InChI=1S/C14H12N2O3/c17-12-6-5-11(14(19)7-12)9-16-15-8-10-3-1-2-4-13(10)18/h1-9,17-19H/b15-8+,16-9-. The van der Waals surface area contributed by atoms with Crippen molar-refractivity contribution in [3.05, 3.63) is 53.6 Å². The summed E-state index contributed by atoms with van der Waals surface area (Å²) in [5.41, 5.74) is 0.988. The van der Waals surface area contributed by atoms with Crippen LogP contribution in [0.3, 0.4) is 0 Å². The topological polar surface area (TPSA) is 85.4 Å². The Bertz CT molecular complexity index is 636. The monoisotopic (exact) mass is 256 g/mol. The Morgan fingerprint density at radius 3 is 2.00 bits per heavy atom. The molecule has 0 atom stereocenters. The molecule has 0 aliphatic rings. The van der Waals surface area contributed by atoms with Gasteiger partial charge in [-0.05, 0) is 24.3 Å². The minimum absolute atomic E-state index is 0.0210. The van der Waals surface area contributed by atoms with Gasteiger partial charge in [-0.25, -0.2) is 0 Å². The van der Waals surface area contributed by atoms with E-state index >= 15 is 0 Å². The molecule has 0 amide bonds. The molecule has 0 fully saturated rings. The maximum absolute atomic E-state index is 9.51.